The second-order valence-electron chi connectivity index (χ2n) is 9.44. The molecule has 188 valence electrons. The van der Waals surface area contributed by atoms with Gasteiger partial charge in [0.05, 0.1) is 0 Å². The van der Waals surface area contributed by atoms with Crippen LogP contribution in [0.15, 0.2) is 60.9 Å². The average Bonchev–Trinajstić information content (AvgIpc) is 2.90. The first-order chi connectivity index (χ1) is 17.2. The van der Waals surface area contributed by atoms with E-state index in [0.29, 0.717) is 12.2 Å². The van der Waals surface area contributed by atoms with E-state index in [2.05, 4.69) is 41.2 Å². The maximum absolute atomic E-state index is 13.6. The van der Waals surface area contributed by atoms with E-state index in [-0.39, 0.29) is 6.61 Å². The number of hydrogen-bond acceptors (Lipinski definition) is 3. The monoisotopic (exact) mass is 476 g/mol. The lowest BCUT2D eigenvalue weighted by Crippen LogP contribution is -2.12. The topological polar surface area (TPSA) is 35.0 Å². The van der Waals surface area contributed by atoms with Crippen molar-refractivity contribution in [3.05, 3.63) is 66.5 Å². The predicted molar refractivity (Wildman–Crippen MR) is 145 cm³/mol. The maximum atomic E-state index is 13.6. The molecule has 3 rings (SSSR count). The predicted octanol–water partition coefficient (Wildman–Crippen LogP) is 9.01. The number of unbranched alkanes of at least 4 members (excludes halogenated alkanes) is 7. The van der Waals surface area contributed by atoms with Crippen LogP contribution in [0.3, 0.4) is 0 Å². The summed E-state index contributed by atoms with van der Waals surface area (Å²) in [6, 6.07) is 16.3. The second kappa shape index (κ2) is 15.3. The summed E-state index contributed by atoms with van der Waals surface area (Å²) < 4.78 is 19.2. The van der Waals surface area contributed by atoms with Crippen LogP contribution in [0.1, 0.15) is 83.6 Å². The number of rotatable bonds is 16. The van der Waals surface area contributed by atoms with Crippen LogP contribution in [0.25, 0.3) is 22.5 Å². The normalized spacial score (nSPS) is 12.0. The van der Waals surface area contributed by atoms with Crippen molar-refractivity contribution < 1.29 is 9.13 Å². The summed E-state index contributed by atoms with van der Waals surface area (Å²) in [6.45, 7) is 4.34. The summed E-state index contributed by atoms with van der Waals surface area (Å²) >= 11 is 0. The summed E-state index contributed by atoms with van der Waals surface area (Å²) in [5, 5.41) is 0. The minimum atomic E-state index is -0.917. The quantitative estimate of drug-likeness (QED) is 0.193. The van der Waals surface area contributed by atoms with Gasteiger partial charge in [0.15, 0.2) is 5.82 Å². The van der Waals surface area contributed by atoms with Crippen LogP contribution in [0, 0.1) is 0 Å². The summed E-state index contributed by atoms with van der Waals surface area (Å²) in [5.74, 6) is 1.41. The fraction of sp³-hybridized carbons (Fsp3) is 0.484. The Kier molecular flexibility index (Phi) is 11.7. The Bertz CT molecular complexity index is 955. The van der Waals surface area contributed by atoms with Gasteiger partial charge >= 0.3 is 0 Å². The Labute approximate surface area is 211 Å². The molecule has 4 heteroatoms. The van der Waals surface area contributed by atoms with E-state index in [9.17, 15) is 4.39 Å². The van der Waals surface area contributed by atoms with Gasteiger partial charge in [-0.25, -0.2) is 14.4 Å². The first-order valence-corrected chi connectivity index (χ1v) is 13.5. The van der Waals surface area contributed by atoms with Crippen molar-refractivity contribution in [2.45, 2.75) is 90.6 Å². The number of hydrogen-bond donors (Lipinski definition) is 0. The lowest BCUT2D eigenvalue weighted by molar-refractivity contribution is 0.186. The molecular formula is C31H41FN2O. The molecule has 0 saturated carbocycles. The molecule has 3 aromatic rings. The summed E-state index contributed by atoms with van der Waals surface area (Å²) in [5.41, 5.74) is 4.37. The molecule has 1 atom stereocenters. The van der Waals surface area contributed by atoms with Crippen LogP contribution in [-0.4, -0.2) is 22.7 Å². The third-order valence-corrected chi connectivity index (χ3v) is 6.40. The number of ether oxygens (including phenoxy) is 1. The highest BCUT2D eigenvalue weighted by Crippen LogP contribution is 2.24. The minimum absolute atomic E-state index is 0.100. The molecule has 0 spiro atoms. The zero-order valence-corrected chi connectivity index (χ0v) is 21.5. The van der Waals surface area contributed by atoms with Gasteiger partial charge in [0, 0.05) is 23.5 Å². The molecule has 0 radical (unpaired) electrons. The number of alkyl halides is 1. The Hall–Kier alpha value is -2.75. The van der Waals surface area contributed by atoms with Gasteiger partial charge in [-0.1, -0.05) is 102 Å². The van der Waals surface area contributed by atoms with Crippen LogP contribution in [-0.2, 0) is 6.42 Å². The van der Waals surface area contributed by atoms with Crippen LogP contribution in [0.5, 0.6) is 5.75 Å². The number of aromatic nitrogens is 2. The van der Waals surface area contributed by atoms with Crippen molar-refractivity contribution in [2.24, 2.45) is 0 Å². The van der Waals surface area contributed by atoms with E-state index in [1.807, 2.05) is 43.6 Å². The number of aryl methyl sites for hydroxylation is 1. The SMILES string of the molecule is CCCCCCCCCCc1ccc(-c2ncc(-c3ccc(OCC(F)CCC)cc3)cn2)cc1. The highest BCUT2D eigenvalue weighted by molar-refractivity contribution is 5.64. The van der Waals surface area contributed by atoms with E-state index in [1.165, 1.54) is 56.9 Å². The van der Waals surface area contributed by atoms with Crippen molar-refractivity contribution >= 4 is 0 Å². The van der Waals surface area contributed by atoms with E-state index in [0.717, 1.165) is 35.4 Å². The number of benzene rings is 2. The highest BCUT2D eigenvalue weighted by Gasteiger charge is 2.07. The van der Waals surface area contributed by atoms with E-state index in [4.69, 9.17) is 4.74 Å². The van der Waals surface area contributed by atoms with Crippen molar-refractivity contribution in [3.8, 4) is 28.3 Å². The molecule has 1 heterocycles. The Balaban J connectivity index is 1.45. The summed E-state index contributed by atoms with van der Waals surface area (Å²) in [6.07, 6.45) is 16.1. The molecule has 0 amide bonds. The average molecular weight is 477 g/mol. The third-order valence-electron chi connectivity index (χ3n) is 6.40. The largest absolute Gasteiger partial charge is 0.491 e. The van der Waals surface area contributed by atoms with Crippen molar-refractivity contribution in [1.82, 2.24) is 9.97 Å². The van der Waals surface area contributed by atoms with Gasteiger partial charge in [-0.2, -0.15) is 0 Å². The molecule has 0 aliphatic rings. The van der Waals surface area contributed by atoms with E-state index < -0.39 is 6.17 Å². The molecule has 35 heavy (non-hydrogen) atoms. The first kappa shape index (κ1) is 26.8. The fourth-order valence-electron chi connectivity index (χ4n) is 4.24. The minimum Gasteiger partial charge on any atom is -0.491 e. The van der Waals surface area contributed by atoms with Gasteiger partial charge in [0.25, 0.3) is 0 Å². The Morgan fingerprint density at radius 2 is 1.29 bits per heavy atom. The van der Waals surface area contributed by atoms with Gasteiger partial charge in [0.2, 0.25) is 0 Å². The van der Waals surface area contributed by atoms with Gasteiger partial charge in [-0.3, -0.25) is 0 Å². The number of nitrogens with zero attached hydrogens (tertiary/aromatic N) is 2. The zero-order valence-electron chi connectivity index (χ0n) is 21.5. The Morgan fingerprint density at radius 3 is 1.91 bits per heavy atom. The number of halogens is 1. The zero-order chi connectivity index (χ0) is 24.7. The molecule has 3 nitrogen and oxygen atoms in total. The molecule has 0 aliphatic carbocycles. The first-order valence-electron chi connectivity index (χ1n) is 13.5. The second-order valence-corrected chi connectivity index (χ2v) is 9.44. The van der Waals surface area contributed by atoms with E-state index in [1.54, 1.807) is 0 Å². The molecule has 2 aromatic carbocycles. The molecule has 0 bridgehead atoms. The van der Waals surface area contributed by atoms with E-state index >= 15 is 0 Å². The smallest absolute Gasteiger partial charge is 0.159 e. The van der Waals surface area contributed by atoms with Gasteiger partial charge < -0.3 is 4.74 Å². The Morgan fingerprint density at radius 1 is 0.686 bits per heavy atom. The van der Waals surface area contributed by atoms with Gasteiger partial charge in [-0.15, -0.1) is 0 Å². The standard InChI is InChI=1S/C31H41FN2O/c1-3-5-6-7-8-9-10-11-13-25-14-16-27(17-15-25)31-33-22-28(23-34-31)26-18-20-30(21-19-26)35-24-29(32)12-4-2/h14-23,29H,3-13,24H2,1-2H3. The van der Waals surface area contributed by atoms with Crippen LogP contribution in [0.2, 0.25) is 0 Å². The summed E-state index contributed by atoms with van der Waals surface area (Å²) in [7, 11) is 0. The van der Waals surface area contributed by atoms with Gasteiger partial charge in [0.1, 0.15) is 18.5 Å². The van der Waals surface area contributed by atoms with Gasteiger partial charge in [-0.05, 0) is 42.5 Å². The molecule has 0 saturated heterocycles. The lowest BCUT2D eigenvalue weighted by Gasteiger charge is -2.10. The highest BCUT2D eigenvalue weighted by atomic mass is 19.1. The molecule has 1 unspecified atom stereocenters. The molecule has 0 N–H and O–H groups in total. The van der Waals surface area contributed by atoms with Crippen LogP contribution >= 0.6 is 0 Å². The maximum Gasteiger partial charge on any atom is 0.159 e. The molecule has 1 aromatic heterocycles. The van der Waals surface area contributed by atoms with Crippen LogP contribution < -0.4 is 4.74 Å². The molecule has 0 fully saturated rings. The summed E-state index contributed by atoms with van der Waals surface area (Å²) in [4.78, 5) is 9.17. The van der Waals surface area contributed by atoms with Crippen LogP contribution in [0.4, 0.5) is 4.39 Å². The fourth-order valence-corrected chi connectivity index (χ4v) is 4.24. The van der Waals surface area contributed by atoms with Crippen molar-refractivity contribution in [1.29, 1.82) is 0 Å². The third kappa shape index (κ3) is 9.43. The lowest BCUT2D eigenvalue weighted by atomic mass is 10.0. The molecular weight excluding hydrogens is 435 g/mol. The van der Waals surface area contributed by atoms with Crippen molar-refractivity contribution in [2.75, 3.05) is 6.61 Å². The molecule has 0 aliphatic heterocycles. The van der Waals surface area contributed by atoms with Crippen molar-refractivity contribution in [3.63, 3.8) is 0 Å².